The first-order chi connectivity index (χ1) is 11.8. The van der Waals surface area contributed by atoms with Gasteiger partial charge in [0, 0.05) is 45.5 Å². The summed E-state index contributed by atoms with van der Waals surface area (Å²) in [5, 5.41) is 3.11. The van der Waals surface area contributed by atoms with Gasteiger partial charge in [0.25, 0.3) is 0 Å². The number of hydrogen-bond acceptors (Lipinski definition) is 5. The number of pyridine rings is 1. The predicted octanol–water partition coefficient (Wildman–Crippen LogP) is 1.90. The Bertz CT molecular complexity index is 566. The lowest BCUT2D eigenvalue weighted by Crippen LogP contribution is -2.56. The maximum Gasteiger partial charge on any atom is 0.237 e. The monoisotopic (exact) mass is 348 g/mol. The third-order valence-corrected chi connectivity index (χ3v) is 4.49. The highest BCUT2D eigenvalue weighted by molar-refractivity contribution is 5.82. The molecular formula is C19H32N4O2. The second-order valence-electron chi connectivity index (χ2n) is 7.50. The first-order valence-electron chi connectivity index (χ1n) is 9.08. The second-order valence-corrected chi connectivity index (χ2v) is 7.50. The molecule has 140 valence electrons. The average Bonchev–Trinajstić information content (AvgIpc) is 2.52. The summed E-state index contributed by atoms with van der Waals surface area (Å²) in [7, 11) is 3.92. The molecule has 1 fully saturated rings. The lowest BCUT2D eigenvalue weighted by Gasteiger charge is -2.41. The van der Waals surface area contributed by atoms with Gasteiger partial charge in [-0.1, -0.05) is 19.9 Å². The molecule has 1 aromatic rings. The zero-order valence-electron chi connectivity index (χ0n) is 16.3. The predicted molar refractivity (Wildman–Crippen MR) is 101 cm³/mol. The van der Waals surface area contributed by atoms with Crippen LogP contribution in [0.15, 0.2) is 18.3 Å². The fraction of sp³-hybridized carbons (Fsp3) is 0.684. The van der Waals surface area contributed by atoms with Gasteiger partial charge in [0.1, 0.15) is 5.82 Å². The first kappa shape index (κ1) is 19.7. The Labute approximate surface area is 151 Å². The van der Waals surface area contributed by atoms with Gasteiger partial charge in [-0.3, -0.25) is 9.69 Å². The number of anilines is 1. The van der Waals surface area contributed by atoms with Gasteiger partial charge in [0.2, 0.25) is 5.91 Å². The fourth-order valence-corrected chi connectivity index (χ4v) is 3.59. The number of amides is 1. The highest BCUT2D eigenvalue weighted by Gasteiger charge is 2.34. The van der Waals surface area contributed by atoms with Crippen LogP contribution in [0.1, 0.15) is 33.3 Å². The van der Waals surface area contributed by atoms with Crippen LogP contribution in [0.3, 0.4) is 0 Å². The topological polar surface area (TPSA) is 57.7 Å². The number of carbonyl (C=O) groups is 1. The molecule has 3 atom stereocenters. The van der Waals surface area contributed by atoms with Crippen molar-refractivity contribution in [2.45, 2.75) is 52.5 Å². The smallest absolute Gasteiger partial charge is 0.237 e. The van der Waals surface area contributed by atoms with E-state index in [0.717, 1.165) is 24.5 Å². The van der Waals surface area contributed by atoms with Crippen LogP contribution in [0.25, 0.3) is 0 Å². The lowest BCUT2D eigenvalue weighted by molar-refractivity contribution is -0.135. The molecule has 0 spiro atoms. The highest BCUT2D eigenvalue weighted by atomic mass is 16.5. The number of nitrogens with one attached hydrogen (secondary N) is 1. The largest absolute Gasteiger partial charge is 0.373 e. The van der Waals surface area contributed by atoms with Crippen LogP contribution in [0.4, 0.5) is 5.82 Å². The van der Waals surface area contributed by atoms with Crippen molar-refractivity contribution >= 4 is 11.7 Å². The van der Waals surface area contributed by atoms with Gasteiger partial charge in [0.15, 0.2) is 0 Å². The molecule has 25 heavy (non-hydrogen) atoms. The van der Waals surface area contributed by atoms with Gasteiger partial charge in [0.05, 0.1) is 18.2 Å². The van der Waals surface area contributed by atoms with E-state index in [-0.39, 0.29) is 30.1 Å². The molecule has 0 radical (unpaired) electrons. The van der Waals surface area contributed by atoms with E-state index in [0.29, 0.717) is 6.54 Å². The minimum absolute atomic E-state index is 0.0739. The minimum Gasteiger partial charge on any atom is -0.373 e. The molecule has 2 rings (SSSR count). The van der Waals surface area contributed by atoms with Gasteiger partial charge < -0.3 is 15.0 Å². The first-order valence-corrected chi connectivity index (χ1v) is 9.08. The fourth-order valence-electron chi connectivity index (χ4n) is 3.59. The summed E-state index contributed by atoms with van der Waals surface area (Å²) in [5.41, 5.74) is 1.02. The Balaban J connectivity index is 2.06. The lowest BCUT2D eigenvalue weighted by atomic mass is 9.99. The van der Waals surface area contributed by atoms with Crippen LogP contribution >= 0.6 is 0 Å². The van der Waals surface area contributed by atoms with Crippen LogP contribution in [0.5, 0.6) is 0 Å². The Morgan fingerprint density at radius 1 is 1.36 bits per heavy atom. The van der Waals surface area contributed by atoms with Crippen LogP contribution in [-0.4, -0.2) is 61.2 Å². The zero-order valence-corrected chi connectivity index (χ0v) is 16.3. The standard InChI is InChI=1S/C19H32N4O2/c1-13(2)17(23-11-14(3)25-15(4)12-23)19(24)21-10-16-8-7-9-20-18(16)22(5)6/h7-9,13-15,17H,10-12H2,1-6H3,(H,21,24)/t14-,15+,17-/m1/s1. The molecule has 2 heterocycles. The average molecular weight is 348 g/mol. The van der Waals surface area contributed by atoms with Gasteiger partial charge in [-0.2, -0.15) is 0 Å². The van der Waals surface area contributed by atoms with Crippen LogP contribution in [0, 0.1) is 5.92 Å². The third kappa shape index (κ3) is 5.16. The molecule has 6 nitrogen and oxygen atoms in total. The maximum absolute atomic E-state index is 12.9. The van der Waals surface area contributed by atoms with Crippen molar-refractivity contribution in [2.24, 2.45) is 5.92 Å². The molecule has 0 unspecified atom stereocenters. The quantitative estimate of drug-likeness (QED) is 0.851. The zero-order chi connectivity index (χ0) is 18.6. The van der Waals surface area contributed by atoms with Crippen LogP contribution < -0.4 is 10.2 Å². The van der Waals surface area contributed by atoms with Crippen molar-refractivity contribution in [1.29, 1.82) is 0 Å². The summed E-state index contributed by atoms with van der Waals surface area (Å²) >= 11 is 0. The minimum atomic E-state index is -0.145. The van der Waals surface area contributed by atoms with E-state index in [2.05, 4.69) is 42.9 Å². The molecule has 0 aromatic carbocycles. The summed E-state index contributed by atoms with van der Waals surface area (Å²) in [5.74, 6) is 1.20. The Hall–Kier alpha value is -1.66. The molecule has 6 heteroatoms. The highest BCUT2D eigenvalue weighted by Crippen LogP contribution is 2.19. The number of rotatable bonds is 6. The van der Waals surface area contributed by atoms with Crippen molar-refractivity contribution in [1.82, 2.24) is 15.2 Å². The van der Waals surface area contributed by atoms with Gasteiger partial charge in [-0.25, -0.2) is 4.98 Å². The Kier molecular flexibility index (Phi) is 6.79. The molecule has 1 aliphatic rings. The maximum atomic E-state index is 12.9. The van der Waals surface area contributed by atoms with Crippen molar-refractivity contribution in [3.8, 4) is 0 Å². The van der Waals surface area contributed by atoms with Crippen molar-refractivity contribution in [3.63, 3.8) is 0 Å². The molecule has 0 aliphatic carbocycles. The third-order valence-electron chi connectivity index (χ3n) is 4.49. The normalized spacial score (nSPS) is 22.7. The van der Waals surface area contributed by atoms with Crippen molar-refractivity contribution < 1.29 is 9.53 Å². The molecular weight excluding hydrogens is 316 g/mol. The summed E-state index contributed by atoms with van der Waals surface area (Å²) in [6, 6.07) is 3.76. The van der Waals surface area contributed by atoms with E-state index in [1.165, 1.54) is 0 Å². The molecule has 0 bridgehead atoms. The Morgan fingerprint density at radius 2 is 2.00 bits per heavy atom. The van der Waals surface area contributed by atoms with E-state index in [1.54, 1.807) is 6.20 Å². The number of carbonyl (C=O) groups excluding carboxylic acids is 1. The van der Waals surface area contributed by atoms with Crippen LogP contribution in [-0.2, 0) is 16.1 Å². The molecule has 1 saturated heterocycles. The van der Waals surface area contributed by atoms with Gasteiger partial charge in [-0.05, 0) is 25.8 Å². The van der Waals surface area contributed by atoms with Gasteiger partial charge >= 0.3 is 0 Å². The number of ether oxygens (including phenoxy) is 1. The molecule has 1 amide bonds. The van der Waals surface area contributed by atoms with Gasteiger partial charge in [-0.15, -0.1) is 0 Å². The number of hydrogen-bond donors (Lipinski definition) is 1. The summed E-state index contributed by atoms with van der Waals surface area (Å²) in [6.45, 7) is 10.4. The molecule has 1 aromatic heterocycles. The summed E-state index contributed by atoms with van der Waals surface area (Å²) < 4.78 is 5.81. The number of aromatic nitrogens is 1. The van der Waals surface area contributed by atoms with Crippen LogP contribution in [0.2, 0.25) is 0 Å². The second kappa shape index (κ2) is 8.63. The molecule has 1 aliphatic heterocycles. The molecule has 0 saturated carbocycles. The van der Waals surface area contributed by atoms with E-state index in [4.69, 9.17) is 4.74 Å². The van der Waals surface area contributed by atoms with Crippen molar-refractivity contribution in [3.05, 3.63) is 23.9 Å². The SMILES string of the molecule is CC(C)[C@H](C(=O)NCc1cccnc1N(C)C)N1C[C@@H](C)O[C@@H](C)C1. The van der Waals surface area contributed by atoms with E-state index in [9.17, 15) is 4.79 Å². The van der Waals surface area contributed by atoms with E-state index in [1.807, 2.05) is 31.1 Å². The number of nitrogens with zero attached hydrogens (tertiary/aromatic N) is 3. The summed E-state index contributed by atoms with van der Waals surface area (Å²) in [4.78, 5) is 21.5. The Morgan fingerprint density at radius 3 is 2.56 bits per heavy atom. The van der Waals surface area contributed by atoms with Crippen molar-refractivity contribution in [2.75, 3.05) is 32.1 Å². The molecule has 1 N–H and O–H groups in total. The van der Waals surface area contributed by atoms with E-state index < -0.39 is 0 Å². The van der Waals surface area contributed by atoms with E-state index >= 15 is 0 Å². The summed E-state index contributed by atoms with van der Waals surface area (Å²) in [6.07, 6.45) is 2.07. The number of morpholine rings is 1.